The molecule has 0 aromatic heterocycles. The Balaban J connectivity index is 1.39. The van der Waals surface area contributed by atoms with Crippen LogP contribution in [0.5, 0.6) is 11.5 Å². The summed E-state index contributed by atoms with van der Waals surface area (Å²) >= 11 is 0. The van der Waals surface area contributed by atoms with E-state index in [2.05, 4.69) is 5.32 Å². The van der Waals surface area contributed by atoms with Gasteiger partial charge >= 0.3 is 0 Å². The molecule has 1 aliphatic heterocycles. The van der Waals surface area contributed by atoms with Crippen LogP contribution in [-0.2, 0) is 9.59 Å². The van der Waals surface area contributed by atoms with Crippen molar-refractivity contribution in [3.05, 3.63) is 88.0 Å². The number of hydrogen-bond donors (Lipinski definition) is 1. The molecule has 1 aliphatic rings. The summed E-state index contributed by atoms with van der Waals surface area (Å²) in [5.74, 6) is 0.287. The lowest BCUT2D eigenvalue weighted by Gasteiger charge is -2.17. The van der Waals surface area contributed by atoms with Gasteiger partial charge in [0.1, 0.15) is 11.5 Å². The van der Waals surface area contributed by atoms with Crippen LogP contribution >= 0.6 is 0 Å². The SMILES string of the molecule is Cc1ccc(Oc2ccc(NC(=O)[C@@H]3CC(=O)N(c4ccc(C)c([N+](=O)[O-])c4)C3)cc2)cc1. The zero-order chi connectivity index (χ0) is 23.5. The number of amides is 2. The molecular weight excluding hydrogens is 422 g/mol. The van der Waals surface area contributed by atoms with E-state index in [-0.39, 0.29) is 30.5 Å². The zero-order valence-corrected chi connectivity index (χ0v) is 18.3. The van der Waals surface area contributed by atoms with Gasteiger partial charge in [0.05, 0.1) is 16.5 Å². The molecule has 2 amide bonds. The molecule has 8 heteroatoms. The number of carbonyl (C=O) groups excluding carboxylic acids is 2. The molecular formula is C25H23N3O5. The predicted octanol–water partition coefficient (Wildman–Crippen LogP) is 5.00. The van der Waals surface area contributed by atoms with Gasteiger partial charge in [-0.1, -0.05) is 23.8 Å². The molecule has 1 atom stereocenters. The van der Waals surface area contributed by atoms with Crippen molar-refractivity contribution in [2.24, 2.45) is 5.92 Å². The molecule has 1 N–H and O–H groups in total. The maximum Gasteiger partial charge on any atom is 0.274 e. The first kappa shape index (κ1) is 22.0. The summed E-state index contributed by atoms with van der Waals surface area (Å²) in [6.07, 6.45) is 0.0438. The summed E-state index contributed by atoms with van der Waals surface area (Å²) in [7, 11) is 0. The normalized spacial score (nSPS) is 15.4. The highest BCUT2D eigenvalue weighted by molar-refractivity contribution is 6.03. The second kappa shape index (κ2) is 9.12. The smallest absolute Gasteiger partial charge is 0.274 e. The van der Waals surface area contributed by atoms with E-state index in [4.69, 9.17) is 4.74 Å². The molecule has 0 aliphatic carbocycles. The van der Waals surface area contributed by atoms with Crippen LogP contribution in [0.3, 0.4) is 0 Å². The Hall–Kier alpha value is -4.20. The summed E-state index contributed by atoms with van der Waals surface area (Å²) in [5, 5.41) is 14.0. The van der Waals surface area contributed by atoms with Crippen molar-refractivity contribution in [3.63, 3.8) is 0 Å². The number of ether oxygens (including phenoxy) is 1. The Morgan fingerprint density at radius 1 is 1.03 bits per heavy atom. The highest BCUT2D eigenvalue weighted by Gasteiger charge is 2.35. The lowest BCUT2D eigenvalue weighted by Crippen LogP contribution is -2.28. The largest absolute Gasteiger partial charge is 0.457 e. The van der Waals surface area contributed by atoms with Crippen LogP contribution in [-0.4, -0.2) is 23.3 Å². The highest BCUT2D eigenvalue weighted by atomic mass is 16.6. The average Bonchev–Trinajstić information content (AvgIpc) is 3.18. The lowest BCUT2D eigenvalue weighted by molar-refractivity contribution is -0.385. The standard InChI is InChI=1S/C25H23N3O5/c1-16-3-9-21(10-4-16)33-22-11-6-19(7-12-22)26-25(30)18-13-24(29)27(15-18)20-8-5-17(2)23(14-20)28(31)32/h3-12,14,18H,13,15H2,1-2H3,(H,26,30)/t18-/m1/s1. The fourth-order valence-electron chi connectivity index (χ4n) is 3.69. The average molecular weight is 445 g/mol. The Morgan fingerprint density at radius 2 is 1.67 bits per heavy atom. The van der Waals surface area contributed by atoms with Crippen LogP contribution in [0, 0.1) is 29.9 Å². The van der Waals surface area contributed by atoms with E-state index >= 15 is 0 Å². The van der Waals surface area contributed by atoms with E-state index in [0.717, 1.165) is 11.3 Å². The van der Waals surface area contributed by atoms with Gasteiger partial charge in [-0.15, -0.1) is 0 Å². The maximum absolute atomic E-state index is 12.7. The Bertz CT molecular complexity index is 1210. The van der Waals surface area contributed by atoms with Crippen LogP contribution in [0.25, 0.3) is 0 Å². The third kappa shape index (κ3) is 5.01. The van der Waals surface area contributed by atoms with Gasteiger partial charge in [-0.25, -0.2) is 0 Å². The number of nitro groups is 1. The minimum absolute atomic E-state index is 0.0438. The summed E-state index contributed by atoms with van der Waals surface area (Å²) in [6, 6.07) is 19.3. The first-order valence-electron chi connectivity index (χ1n) is 10.5. The minimum Gasteiger partial charge on any atom is -0.457 e. The number of nitrogens with zero attached hydrogens (tertiary/aromatic N) is 2. The van der Waals surface area contributed by atoms with Crippen molar-refractivity contribution < 1.29 is 19.2 Å². The fraction of sp³-hybridized carbons (Fsp3) is 0.200. The topological polar surface area (TPSA) is 102 Å². The van der Waals surface area contributed by atoms with Gasteiger partial charge in [0, 0.05) is 30.3 Å². The molecule has 0 saturated carbocycles. The molecule has 0 spiro atoms. The Labute approximate surface area is 190 Å². The van der Waals surface area contributed by atoms with Crippen molar-refractivity contribution >= 4 is 28.9 Å². The second-order valence-electron chi connectivity index (χ2n) is 8.06. The summed E-state index contributed by atoms with van der Waals surface area (Å²) < 4.78 is 5.79. The van der Waals surface area contributed by atoms with Crippen molar-refractivity contribution in [1.82, 2.24) is 0 Å². The molecule has 0 radical (unpaired) electrons. The molecule has 3 aromatic rings. The number of benzene rings is 3. The second-order valence-corrected chi connectivity index (χ2v) is 8.06. The summed E-state index contributed by atoms with van der Waals surface area (Å²) in [4.78, 5) is 37.4. The molecule has 0 bridgehead atoms. The van der Waals surface area contributed by atoms with Gasteiger partial charge in [-0.05, 0) is 56.3 Å². The molecule has 0 unspecified atom stereocenters. The van der Waals surface area contributed by atoms with Gasteiger partial charge in [0.15, 0.2) is 0 Å². The van der Waals surface area contributed by atoms with Crippen molar-refractivity contribution in [3.8, 4) is 11.5 Å². The Kier molecular flexibility index (Phi) is 6.08. The molecule has 8 nitrogen and oxygen atoms in total. The zero-order valence-electron chi connectivity index (χ0n) is 18.3. The van der Waals surface area contributed by atoms with E-state index in [1.807, 2.05) is 31.2 Å². The number of carbonyl (C=O) groups is 2. The molecule has 1 saturated heterocycles. The van der Waals surface area contributed by atoms with Crippen LogP contribution in [0.15, 0.2) is 66.7 Å². The number of anilines is 2. The molecule has 168 valence electrons. The lowest BCUT2D eigenvalue weighted by atomic mass is 10.1. The van der Waals surface area contributed by atoms with E-state index < -0.39 is 10.8 Å². The molecule has 4 rings (SSSR count). The van der Waals surface area contributed by atoms with Gasteiger partial charge < -0.3 is 15.0 Å². The van der Waals surface area contributed by atoms with Gasteiger partial charge in [-0.3, -0.25) is 19.7 Å². The van der Waals surface area contributed by atoms with Crippen LogP contribution in [0.2, 0.25) is 0 Å². The first-order chi connectivity index (χ1) is 15.8. The number of nitro benzene ring substituents is 1. The van der Waals surface area contributed by atoms with E-state index in [1.165, 1.54) is 11.0 Å². The molecule has 3 aromatic carbocycles. The molecule has 1 heterocycles. The van der Waals surface area contributed by atoms with E-state index in [9.17, 15) is 19.7 Å². The fourth-order valence-corrected chi connectivity index (χ4v) is 3.69. The third-order valence-corrected chi connectivity index (χ3v) is 5.58. The van der Waals surface area contributed by atoms with Crippen LogP contribution in [0.4, 0.5) is 17.1 Å². The van der Waals surface area contributed by atoms with Gasteiger partial charge in [-0.2, -0.15) is 0 Å². The molecule has 1 fully saturated rings. The number of hydrogen-bond acceptors (Lipinski definition) is 5. The maximum atomic E-state index is 12.7. The van der Waals surface area contributed by atoms with Crippen molar-refractivity contribution in [2.75, 3.05) is 16.8 Å². The van der Waals surface area contributed by atoms with E-state index in [0.29, 0.717) is 22.7 Å². The summed E-state index contributed by atoms with van der Waals surface area (Å²) in [6.45, 7) is 3.81. The van der Waals surface area contributed by atoms with Gasteiger partial charge in [0.2, 0.25) is 11.8 Å². The molecule has 33 heavy (non-hydrogen) atoms. The Morgan fingerprint density at radius 3 is 2.30 bits per heavy atom. The van der Waals surface area contributed by atoms with E-state index in [1.54, 1.807) is 43.3 Å². The third-order valence-electron chi connectivity index (χ3n) is 5.58. The van der Waals surface area contributed by atoms with Crippen molar-refractivity contribution in [2.45, 2.75) is 20.3 Å². The monoisotopic (exact) mass is 445 g/mol. The van der Waals surface area contributed by atoms with Crippen LogP contribution < -0.4 is 15.0 Å². The number of nitrogens with one attached hydrogen (secondary N) is 1. The quantitative estimate of drug-likeness (QED) is 0.425. The van der Waals surface area contributed by atoms with Crippen molar-refractivity contribution in [1.29, 1.82) is 0 Å². The highest BCUT2D eigenvalue weighted by Crippen LogP contribution is 2.31. The minimum atomic E-state index is -0.554. The predicted molar refractivity (Wildman–Crippen MR) is 125 cm³/mol. The van der Waals surface area contributed by atoms with Gasteiger partial charge in [0.25, 0.3) is 5.69 Å². The first-order valence-corrected chi connectivity index (χ1v) is 10.5. The summed E-state index contributed by atoms with van der Waals surface area (Å²) in [5.41, 5.74) is 2.61. The number of rotatable bonds is 6. The van der Waals surface area contributed by atoms with Crippen LogP contribution in [0.1, 0.15) is 17.5 Å². The number of aryl methyl sites for hydroxylation is 2.